The van der Waals surface area contributed by atoms with Gasteiger partial charge in [-0.2, -0.15) is 0 Å². The highest BCUT2D eigenvalue weighted by atomic mass is 32.3. The third-order valence-electron chi connectivity index (χ3n) is 3.67. The van der Waals surface area contributed by atoms with Crippen LogP contribution < -0.4 is 0 Å². The molecule has 1 saturated carbocycles. The highest BCUT2D eigenvalue weighted by molar-refractivity contribution is 8.32. The molecule has 0 saturated heterocycles. The molecule has 0 heterocycles. The summed E-state index contributed by atoms with van der Waals surface area (Å²) in [5.41, 5.74) is 0. The minimum absolute atomic E-state index is 0.125. The molecule has 3 heteroatoms. The van der Waals surface area contributed by atoms with Crippen molar-refractivity contribution in [2.45, 2.75) is 38.1 Å². The van der Waals surface area contributed by atoms with Crippen LogP contribution in [0.15, 0.2) is 0 Å². The van der Waals surface area contributed by atoms with Crippen LogP contribution in [0.3, 0.4) is 0 Å². The Bertz CT molecular complexity index is 195. The molecule has 0 aromatic heterocycles. The summed E-state index contributed by atoms with van der Waals surface area (Å²) >= 11 is 0.125. The standard InChI is InChI=1S/C13H31NS2/c1-14(13-9-7-6-8-10-13)15(2)11-12-16(3,4)5/h13,15H,6-12H2,1-5H3. The van der Waals surface area contributed by atoms with Gasteiger partial charge in [0.1, 0.15) is 0 Å². The highest BCUT2D eigenvalue weighted by Crippen LogP contribution is 2.40. The molecule has 0 aromatic carbocycles. The van der Waals surface area contributed by atoms with Crippen molar-refractivity contribution in [1.82, 2.24) is 4.31 Å². The van der Waals surface area contributed by atoms with E-state index in [1.165, 1.54) is 43.6 Å². The van der Waals surface area contributed by atoms with E-state index in [9.17, 15) is 0 Å². The molecule has 0 N–H and O–H groups in total. The van der Waals surface area contributed by atoms with E-state index < -0.39 is 0 Å². The molecular weight excluding hydrogens is 234 g/mol. The van der Waals surface area contributed by atoms with E-state index in [1.807, 2.05) is 0 Å². The lowest BCUT2D eigenvalue weighted by molar-refractivity contribution is 0.303. The third-order valence-corrected chi connectivity index (χ3v) is 7.67. The first-order valence-electron chi connectivity index (χ1n) is 6.50. The Hall–Kier alpha value is 0.660. The van der Waals surface area contributed by atoms with Gasteiger partial charge in [-0.3, -0.25) is 4.31 Å². The first-order chi connectivity index (χ1) is 7.40. The molecule has 1 atom stereocenters. The summed E-state index contributed by atoms with van der Waals surface area (Å²) in [6.45, 7) is 0. The smallest absolute Gasteiger partial charge is 0.0181 e. The largest absolute Gasteiger partial charge is 0.270 e. The average Bonchev–Trinajstić information content (AvgIpc) is 2.25. The minimum Gasteiger partial charge on any atom is -0.270 e. The first kappa shape index (κ1) is 14.7. The lowest BCUT2D eigenvalue weighted by Crippen LogP contribution is -2.32. The highest BCUT2D eigenvalue weighted by Gasteiger charge is 2.20. The Labute approximate surface area is 107 Å². The molecule has 1 aliphatic rings. The van der Waals surface area contributed by atoms with Crippen molar-refractivity contribution in [3.05, 3.63) is 0 Å². The predicted octanol–water partition coefficient (Wildman–Crippen LogP) is 3.49. The van der Waals surface area contributed by atoms with Crippen LogP contribution >= 0.6 is 21.1 Å². The molecule has 0 bridgehead atoms. The van der Waals surface area contributed by atoms with Crippen molar-refractivity contribution in [2.75, 3.05) is 43.6 Å². The minimum atomic E-state index is -0.294. The number of thiol groups is 1. The van der Waals surface area contributed by atoms with Crippen LogP contribution in [0.4, 0.5) is 0 Å². The lowest BCUT2D eigenvalue weighted by atomic mass is 9.96. The molecule has 1 rings (SSSR count). The zero-order valence-electron chi connectivity index (χ0n) is 11.8. The van der Waals surface area contributed by atoms with Crippen molar-refractivity contribution in [1.29, 1.82) is 0 Å². The van der Waals surface area contributed by atoms with Gasteiger partial charge in [0.2, 0.25) is 0 Å². The van der Waals surface area contributed by atoms with Gasteiger partial charge < -0.3 is 0 Å². The molecular formula is C13H31NS2. The summed E-state index contributed by atoms with van der Waals surface area (Å²) < 4.78 is 2.72. The van der Waals surface area contributed by atoms with Crippen molar-refractivity contribution in [3.63, 3.8) is 0 Å². The van der Waals surface area contributed by atoms with Gasteiger partial charge in [0.25, 0.3) is 0 Å². The van der Waals surface area contributed by atoms with Crippen LogP contribution in [0, 0.1) is 0 Å². The summed E-state index contributed by atoms with van der Waals surface area (Å²) in [6, 6.07) is 0.903. The van der Waals surface area contributed by atoms with Crippen LogP contribution in [0.2, 0.25) is 0 Å². The molecule has 1 unspecified atom stereocenters. The fourth-order valence-electron chi connectivity index (χ4n) is 2.30. The number of rotatable bonds is 5. The Morgan fingerprint density at radius 1 is 1.12 bits per heavy atom. The second-order valence-electron chi connectivity index (χ2n) is 6.04. The Morgan fingerprint density at radius 3 is 2.19 bits per heavy atom. The van der Waals surface area contributed by atoms with Gasteiger partial charge in [-0.1, -0.05) is 19.3 Å². The molecule has 1 aliphatic carbocycles. The molecule has 0 aliphatic heterocycles. The maximum Gasteiger partial charge on any atom is 0.0181 e. The Morgan fingerprint density at radius 2 is 1.69 bits per heavy atom. The summed E-state index contributed by atoms with van der Waals surface area (Å²) in [4.78, 5) is 0. The van der Waals surface area contributed by atoms with Gasteiger partial charge in [0.15, 0.2) is 0 Å². The maximum atomic E-state index is 2.72. The van der Waals surface area contributed by atoms with E-state index in [0.717, 1.165) is 6.04 Å². The van der Waals surface area contributed by atoms with Crippen molar-refractivity contribution in [2.24, 2.45) is 0 Å². The summed E-state index contributed by atoms with van der Waals surface area (Å²) in [6.07, 6.45) is 17.1. The maximum absolute atomic E-state index is 2.72. The van der Waals surface area contributed by atoms with Gasteiger partial charge in [-0.25, -0.2) is 21.1 Å². The van der Waals surface area contributed by atoms with Crippen LogP contribution in [0.25, 0.3) is 0 Å². The topological polar surface area (TPSA) is 3.24 Å². The lowest BCUT2D eigenvalue weighted by Gasteiger charge is -2.39. The SMILES string of the molecule is CN(C1CCCCC1)[SH](C)CCS(C)(C)C. The van der Waals surface area contributed by atoms with E-state index in [0.29, 0.717) is 0 Å². The van der Waals surface area contributed by atoms with E-state index in [1.54, 1.807) is 0 Å². The Balaban J connectivity index is 2.31. The zero-order valence-corrected chi connectivity index (χ0v) is 13.5. The normalized spacial score (nSPS) is 23.5. The van der Waals surface area contributed by atoms with Crippen LogP contribution in [0.1, 0.15) is 32.1 Å². The van der Waals surface area contributed by atoms with Crippen LogP contribution in [0.5, 0.6) is 0 Å². The van der Waals surface area contributed by atoms with Crippen LogP contribution in [-0.2, 0) is 0 Å². The van der Waals surface area contributed by atoms with Gasteiger partial charge in [0, 0.05) is 6.04 Å². The Kier molecular flexibility index (Phi) is 6.03. The van der Waals surface area contributed by atoms with Gasteiger partial charge in [0.05, 0.1) is 0 Å². The number of nitrogens with zero attached hydrogens (tertiary/aromatic N) is 1. The molecule has 0 spiro atoms. The van der Waals surface area contributed by atoms with Crippen molar-refractivity contribution >= 4 is 21.1 Å². The van der Waals surface area contributed by atoms with E-state index in [-0.39, 0.29) is 21.1 Å². The second-order valence-corrected chi connectivity index (χ2v) is 13.0. The predicted molar refractivity (Wildman–Crippen MR) is 84.6 cm³/mol. The molecule has 0 aromatic rings. The molecule has 100 valence electrons. The third kappa shape index (κ3) is 5.33. The summed E-state index contributed by atoms with van der Waals surface area (Å²) in [7, 11) is 2.08. The first-order valence-corrected chi connectivity index (χ1v) is 11.5. The van der Waals surface area contributed by atoms with Crippen molar-refractivity contribution in [3.8, 4) is 0 Å². The fourth-order valence-corrected chi connectivity index (χ4v) is 6.65. The molecule has 16 heavy (non-hydrogen) atoms. The fraction of sp³-hybridized carbons (Fsp3) is 1.00. The van der Waals surface area contributed by atoms with Gasteiger partial charge in [-0.15, -0.1) is 0 Å². The van der Waals surface area contributed by atoms with Gasteiger partial charge >= 0.3 is 0 Å². The van der Waals surface area contributed by atoms with E-state index in [4.69, 9.17) is 0 Å². The van der Waals surface area contributed by atoms with E-state index >= 15 is 0 Å². The van der Waals surface area contributed by atoms with E-state index in [2.05, 4.69) is 36.4 Å². The van der Waals surface area contributed by atoms with Crippen LogP contribution in [-0.4, -0.2) is 53.9 Å². The quantitative estimate of drug-likeness (QED) is 0.745. The monoisotopic (exact) mass is 265 g/mol. The molecule has 1 fully saturated rings. The van der Waals surface area contributed by atoms with Crippen molar-refractivity contribution < 1.29 is 0 Å². The molecule has 0 radical (unpaired) electrons. The second kappa shape index (κ2) is 6.55. The molecule has 0 amide bonds. The summed E-state index contributed by atoms with van der Waals surface area (Å²) in [5.74, 6) is 2.90. The molecule has 1 nitrogen and oxygen atoms in total. The van der Waals surface area contributed by atoms with Gasteiger partial charge in [-0.05, 0) is 56.4 Å². The summed E-state index contributed by atoms with van der Waals surface area (Å²) in [5, 5.41) is 0. The zero-order chi connectivity index (χ0) is 12.2. The number of hydrogen-bond donors (Lipinski definition) is 1. The average molecular weight is 266 g/mol. The number of hydrogen-bond acceptors (Lipinski definition) is 1.